The van der Waals surface area contributed by atoms with E-state index in [1.807, 2.05) is 30.3 Å². The molecule has 0 unspecified atom stereocenters. The van der Waals surface area contributed by atoms with Gasteiger partial charge in [-0.2, -0.15) is 4.98 Å². The number of hydrogen-bond acceptors (Lipinski definition) is 6. The molecule has 0 spiro atoms. The number of hydrogen-bond donors (Lipinski definition) is 1. The molecule has 6 nitrogen and oxygen atoms in total. The zero-order chi connectivity index (χ0) is 21.1. The van der Waals surface area contributed by atoms with Gasteiger partial charge in [-0.25, -0.2) is 4.98 Å². The summed E-state index contributed by atoms with van der Waals surface area (Å²) in [6.07, 6.45) is 0.929. The van der Waals surface area contributed by atoms with Crippen LogP contribution >= 0.6 is 0 Å². The summed E-state index contributed by atoms with van der Waals surface area (Å²) in [6.45, 7) is 5.97. The molecule has 1 aromatic heterocycles. The minimum absolute atomic E-state index is 0.310. The van der Waals surface area contributed by atoms with Crippen molar-refractivity contribution in [1.82, 2.24) is 9.97 Å². The lowest BCUT2D eigenvalue weighted by molar-refractivity contribution is 0.353. The Balaban J connectivity index is 1.65. The number of aromatic nitrogens is 2. The number of nitrogens with one attached hydrogen (secondary N) is 1. The number of ether oxygens (including phenoxy) is 2. The van der Waals surface area contributed by atoms with E-state index >= 15 is 0 Å². The largest absolute Gasteiger partial charge is 0.493 e. The van der Waals surface area contributed by atoms with Crippen LogP contribution in [0.3, 0.4) is 0 Å². The smallest absolute Gasteiger partial charge is 0.229 e. The van der Waals surface area contributed by atoms with Gasteiger partial charge in [0.1, 0.15) is 5.82 Å². The van der Waals surface area contributed by atoms with E-state index in [0.717, 1.165) is 48.2 Å². The van der Waals surface area contributed by atoms with Gasteiger partial charge >= 0.3 is 0 Å². The summed E-state index contributed by atoms with van der Waals surface area (Å²) < 4.78 is 11.0. The van der Waals surface area contributed by atoms with Crippen molar-refractivity contribution in [2.75, 3.05) is 31.0 Å². The van der Waals surface area contributed by atoms with Crippen molar-refractivity contribution >= 4 is 17.5 Å². The molecule has 156 valence electrons. The highest BCUT2D eigenvalue weighted by Crippen LogP contribution is 2.34. The maximum absolute atomic E-state index is 5.50. The summed E-state index contributed by atoms with van der Waals surface area (Å²) in [5.74, 6) is 3.41. The Hall–Kier alpha value is -3.28. The highest BCUT2D eigenvalue weighted by atomic mass is 16.5. The molecule has 0 saturated heterocycles. The van der Waals surface area contributed by atoms with Crippen LogP contribution in [0.15, 0.2) is 48.5 Å². The first kappa shape index (κ1) is 20.0. The molecule has 0 radical (unpaired) electrons. The number of anilines is 3. The zero-order valence-corrected chi connectivity index (χ0v) is 18.0. The van der Waals surface area contributed by atoms with E-state index in [4.69, 9.17) is 19.4 Å². The lowest BCUT2D eigenvalue weighted by Crippen LogP contribution is -2.31. The van der Waals surface area contributed by atoms with Gasteiger partial charge in [0, 0.05) is 24.8 Å². The van der Waals surface area contributed by atoms with Crippen LogP contribution in [-0.4, -0.2) is 30.7 Å². The number of fused-ring (bicyclic) bond motifs is 1. The molecule has 2 aromatic carbocycles. The summed E-state index contributed by atoms with van der Waals surface area (Å²) in [5, 5.41) is 3.35. The second-order valence-electron chi connectivity index (χ2n) is 7.77. The normalized spacial score (nSPS) is 13.2. The Kier molecular flexibility index (Phi) is 5.74. The molecule has 0 saturated carbocycles. The number of benzene rings is 2. The zero-order valence-electron chi connectivity index (χ0n) is 18.0. The Morgan fingerprint density at radius 2 is 1.63 bits per heavy atom. The second-order valence-corrected chi connectivity index (χ2v) is 7.77. The van der Waals surface area contributed by atoms with Crippen LogP contribution in [0.2, 0.25) is 0 Å². The lowest BCUT2D eigenvalue weighted by Gasteiger charge is -2.31. The first-order chi connectivity index (χ1) is 14.6. The summed E-state index contributed by atoms with van der Waals surface area (Å²) in [6, 6.07) is 16.3. The molecule has 1 aliphatic rings. The predicted octanol–water partition coefficient (Wildman–Crippen LogP) is 4.92. The van der Waals surface area contributed by atoms with Crippen LogP contribution in [-0.2, 0) is 13.0 Å². The van der Waals surface area contributed by atoms with E-state index in [0.29, 0.717) is 11.9 Å². The monoisotopic (exact) mass is 404 g/mol. The van der Waals surface area contributed by atoms with Crippen LogP contribution < -0.4 is 19.7 Å². The number of nitrogens with zero attached hydrogens (tertiary/aromatic N) is 3. The molecule has 3 aromatic rings. The topological polar surface area (TPSA) is 59.5 Å². The van der Waals surface area contributed by atoms with Gasteiger partial charge in [-0.05, 0) is 47.7 Å². The maximum Gasteiger partial charge on any atom is 0.229 e. The van der Waals surface area contributed by atoms with E-state index in [9.17, 15) is 0 Å². The number of methoxy groups -OCH3 is 2. The van der Waals surface area contributed by atoms with E-state index in [2.05, 4.69) is 42.3 Å². The second kappa shape index (κ2) is 8.61. The third kappa shape index (κ3) is 4.17. The van der Waals surface area contributed by atoms with E-state index in [1.165, 1.54) is 11.1 Å². The predicted molar refractivity (Wildman–Crippen MR) is 120 cm³/mol. The summed E-state index contributed by atoms with van der Waals surface area (Å²) in [5.41, 5.74) is 4.53. The van der Waals surface area contributed by atoms with Crippen molar-refractivity contribution in [2.45, 2.75) is 32.7 Å². The van der Waals surface area contributed by atoms with Crippen LogP contribution in [0.4, 0.5) is 17.5 Å². The van der Waals surface area contributed by atoms with Crippen LogP contribution in [0.1, 0.15) is 36.6 Å². The van der Waals surface area contributed by atoms with Crippen LogP contribution in [0, 0.1) is 0 Å². The van der Waals surface area contributed by atoms with Gasteiger partial charge < -0.3 is 19.7 Å². The maximum atomic E-state index is 5.50. The molecule has 0 aliphatic carbocycles. The Morgan fingerprint density at radius 3 is 2.30 bits per heavy atom. The molecule has 0 amide bonds. The average molecular weight is 405 g/mol. The molecule has 0 bridgehead atoms. The first-order valence-corrected chi connectivity index (χ1v) is 10.3. The fourth-order valence-electron chi connectivity index (χ4n) is 3.70. The fourth-order valence-corrected chi connectivity index (χ4v) is 3.70. The molecule has 30 heavy (non-hydrogen) atoms. The van der Waals surface area contributed by atoms with Gasteiger partial charge in [-0.15, -0.1) is 0 Å². The number of para-hydroxylation sites is 1. The Morgan fingerprint density at radius 1 is 0.933 bits per heavy atom. The highest BCUT2D eigenvalue weighted by Gasteiger charge is 2.22. The van der Waals surface area contributed by atoms with Crippen molar-refractivity contribution in [3.05, 3.63) is 65.4 Å². The van der Waals surface area contributed by atoms with Crippen molar-refractivity contribution in [1.29, 1.82) is 0 Å². The van der Waals surface area contributed by atoms with Crippen molar-refractivity contribution in [3.8, 4) is 11.5 Å². The third-order valence-electron chi connectivity index (χ3n) is 5.40. The van der Waals surface area contributed by atoms with E-state index < -0.39 is 0 Å². The SMILES string of the molecule is COc1cc2c(cc1OC)CN(c1cc(C(C)C)nc(Nc3ccccc3)n1)CC2. The Labute approximate surface area is 177 Å². The summed E-state index contributed by atoms with van der Waals surface area (Å²) in [4.78, 5) is 11.9. The standard InChI is InChI=1S/C24H28N4O2/c1-16(2)20-14-23(27-24(26-20)25-19-8-6-5-7-9-19)28-11-10-17-12-21(29-3)22(30-4)13-18(17)15-28/h5-9,12-14,16H,10-11,15H2,1-4H3,(H,25,26,27). The lowest BCUT2D eigenvalue weighted by atomic mass is 9.98. The van der Waals surface area contributed by atoms with Crippen molar-refractivity contribution in [2.24, 2.45) is 0 Å². The first-order valence-electron chi connectivity index (χ1n) is 10.3. The third-order valence-corrected chi connectivity index (χ3v) is 5.40. The summed E-state index contributed by atoms with van der Waals surface area (Å²) >= 11 is 0. The minimum atomic E-state index is 0.310. The minimum Gasteiger partial charge on any atom is -0.493 e. The van der Waals surface area contributed by atoms with Crippen molar-refractivity contribution < 1.29 is 9.47 Å². The van der Waals surface area contributed by atoms with Crippen LogP contribution in [0.25, 0.3) is 0 Å². The van der Waals surface area contributed by atoms with Gasteiger partial charge in [0.05, 0.1) is 19.9 Å². The highest BCUT2D eigenvalue weighted by molar-refractivity contribution is 5.57. The fraction of sp³-hybridized carbons (Fsp3) is 0.333. The van der Waals surface area contributed by atoms with E-state index in [1.54, 1.807) is 14.2 Å². The molecular weight excluding hydrogens is 376 g/mol. The van der Waals surface area contributed by atoms with Gasteiger partial charge in [0.15, 0.2) is 11.5 Å². The van der Waals surface area contributed by atoms with Gasteiger partial charge in [0.25, 0.3) is 0 Å². The average Bonchev–Trinajstić information content (AvgIpc) is 2.78. The van der Waals surface area contributed by atoms with Crippen molar-refractivity contribution in [3.63, 3.8) is 0 Å². The molecule has 4 rings (SSSR count). The van der Waals surface area contributed by atoms with Gasteiger partial charge in [0.2, 0.25) is 5.95 Å². The summed E-state index contributed by atoms with van der Waals surface area (Å²) in [7, 11) is 3.35. The Bertz CT molecular complexity index is 1020. The molecule has 0 fully saturated rings. The molecule has 1 aliphatic heterocycles. The van der Waals surface area contributed by atoms with Gasteiger partial charge in [-0.3, -0.25) is 0 Å². The quantitative estimate of drug-likeness (QED) is 0.629. The van der Waals surface area contributed by atoms with Gasteiger partial charge in [-0.1, -0.05) is 32.0 Å². The molecule has 1 N–H and O–H groups in total. The van der Waals surface area contributed by atoms with Crippen LogP contribution in [0.5, 0.6) is 11.5 Å². The number of rotatable bonds is 6. The molecular formula is C24H28N4O2. The molecule has 2 heterocycles. The molecule has 6 heteroatoms. The molecule has 0 atom stereocenters. The van der Waals surface area contributed by atoms with E-state index in [-0.39, 0.29) is 0 Å².